The van der Waals surface area contributed by atoms with Gasteiger partial charge in [-0.15, -0.1) is 0 Å². The molecule has 22 heavy (non-hydrogen) atoms. The summed E-state index contributed by atoms with van der Waals surface area (Å²) in [5.74, 6) is 0.674. The van der Waals surface area contributed by atoms with Crippen LogP contribution in [0.4, 0.5) is 0 Å². The molecule has 0 saturated heterocycles. The van der Waals surface area contributed by atoms with Gasteiger partial charge in [0.25, 0.3) is 0 Å². The molecule has 0 aromatic carbocycles. The molecule has 122 valence electrons. The van der Waals surface area contributed by atoms with E-state index in [-0.39, 0.29) is 0 Å². The van der Waals surface area contributed by atoms with E-state index in [2.05, 4.69) is 23.3 Å². The van der Waals surface area contributed by atoms with Gasteiger partial charge in [0.15, 0.2) is 0 Å². The highest BCUT2D eigenvalue weighted by Crippen LogP contribution is 2.53. The van der Waals surface area contributed by atoms with Crippen molar-refractivity contribution in [2.45, 2.75) is 64.1 Å². The number of pyridine rings is 1. The number of hydrogen-bond acceptors (Lipinski definition) is 4. The van der Waals surface area contributed by atoms with Crippen LogP contribution >= 0.6 is 0 Å². The van der Waals surface area contributed by atoms with Crippen LogP contribution in [0.15, 0.2) is 18.3 Å². The first kappa shape index (κ1) is 15.8. The molecule has 0 amide bonds. The van der Waals surface area contributed by atoms with Crippen LogP contribution in [0.25, 0.3) is 0 Å². The molecule has 4 heteroatoms. The second kappa shape index (κ2) is 6.97. The average Bonchev–Trinajstić information content (AvgIpc) is 2.58. The number of methoxy groups -OCH3 is 1. The van der Waals surface area contributed by atoms with Gasteiger partial charge in [-0.2, -0.15) is 0 Å². The summed E-state index contributed by atoms with van der Waals surface area (Å²) >= 11 is 0. The summed E-state index contributed by atoms with van der Waals surface area (Å²) in [4.78, 5) is 4.28. The van der Waals surface area contributed by atoms with Crippen molar-refractivity contribution in [2.75, 3.05) is 13.7 Å². The second-order valence-electron chi connectivity index (χ2n) is 6.62. The van der Waals surface area contributed by atoms with Crippen molar-refractivity contribution in [1.82, 2.24) is 10.3 Å². The maximum absolute atomic E-state index is 6.01. The second-order valence-corrected chi connectivity index (χ2v) is 6.62. The van der Waals surface area contributed by atoms with Crippen LogP contribution < -0.4 is 10.1 Å². The molecule has 1 N–H and O–H groups in total. The first-order valence-electron chi connectivity index (χ1n) is 8.62. The average molecular weight is 304 g/mol. The topological polar surface area (TPSA) is 43.4 Å². The molecule has 1 heterocycles. The predicted octanol–water partition coefficient (Wildman–Crippen LogP) is 3.31. The largest absolute Gasteiger partial charge is 0.481 e. The van der Waals surface area contributed by atoms with Crippen LogP contribution in [0.1, 0.15) is 51.0 Å². The van der Waals surface area contributed by atoms with E-state index in [1.165, 1.54) is 37.7 Å². The van der Waals surface area contributed by atoms with Crippen molar-refractivity contribution >= 4 is 0 Å². The molecule has 0 radical (unpaired) electrons. The summed E-state index contributed by atoms with van der Waals surface area (Å²) in [5.41, 5.74) is 1.60. The smallest absolute Gasteiger partial charge is 0.212 e. The highest BCUT2D eigenvalue weighted by Gasteiger charge is 2.55. The number of aromatic nitrogens is 1. The Morgan fingerprint density at radius 3 is 2.73 bits per heavy atom. The molecule has 2 unspecified atom stereocenters. The molecule has 0 aliphatic heterocycles. The number of ether oxygens (including phenoxy) is 2. The summed E-state index contributed by atoms with van der Waals surface area (Å²) in [5, 5.41) is 3.76. The Balaban J connectivity index is 1.59. The highest BCUT2D eigenvalue weighted by molar-refractivity contribution is 5.18. The first-order valence-corrected chi connectivity index (χ1v) is 8.62. The lowest BCUT2D eigenvalue weighted by atomic mass is 9.55. The minimum atomic E-state index is 0.383. The van der Waals surface area contributed by atoms with Crippen molar-refractivity contribution in [3.05, 3.63) is 23.9 Å². The number of nitrogens with zero attached hydrogens (tertiary/aromatic N) is 1. The molecule has 2 atom stereocenters. The Hall–Kier alpha value is -1.13. The molecular formula is C18H28N2O2. The number of rotatable bonds is 6. The zero-order chi connectivity index (χ0) is 15.4. The number of nitrogens with one attached hydrogen (secondary N) is 1. The van der Waals surface area contributed by atoms with Crippen LogP contribution in [-0.2, 0) is 11.3 Å². The van der Waals surface area contributed by atoms with E-state index in [9.17, 15) is 0 Å². The molecule has 1 aromatic rings. The third-order valence-electron chi connectivity index (χ3n) is 5.50. The molecule has 1 spiro atoms. The lowest BCUT2D eigenvalue weighted by Crippen LogP contribution is -2.64. The molecule has 1 aromatic heterocycles. The minimum Gasteiger partial charge on any atom is -0.481 e. The van der Waals surface area contributed by atoms with E-state index >= 15 is 0 Å². The van der Waals surface area contributed by atoms with E-state index in [1.54, 1.807) is 7.11 Å². The van der Waals surface area contributed by atoms with Gasteiger partial charge in [0.1, 0.15) is 0 Å². The van der Waals surface area contributed by atoms with Crippen molar-refractivity contribution in [3.63, 3.8) is 0 Å². The highest BCUT2D eigenvalue weighted by atomic mass is 16.5. The molecule has 4 nitrogen and oxygen atoms in total. The van der Waals surface area contributed by atoms with Crippen molar-refractivity contribution in [2.24, 2.45) is 5.41 Å². The molecular weight excluding hydrogens is 276 g/mol. The van der Waals surface area contributed by atoms with Gasteiger partial charge < -0.3 is 14.8 Å². The number of hydrogen-bond donors (Lipinski definition) is 1. The lowest BCUT2D eigenvalue weighted by molar-refractivity contribution is -0.150. The van der Waals surface area contributed by atoms with Gasteiger partial charge in [0, 0.05) is 36.9 Å². The Kier molecular flexibility index (Phi) is 4.99. The Morgan fingerprint density at radius 1 is 1.27 bits per heavy atom. The summed E-state index contributed by atoms with van der Waals surface area (Å²) in [6, 6.07) is 4.61. The summed E-state index contributed by atoms with van der Waals surface area (Å²) in [6.45, 7) is 3.82. The van der Waals surface area contributed by atoms with E-state index in [0.717, 1.165) is 19.6 Å². The molecule has 2 aliphatic carbocycles. The fraction of sp³-hybridized carbons (Fsp3) is 0.722. The first-order chi connectivity index (χ1) is 10.8. The van der Waals surface area contributed by atoms with Crippen LogP contribution in [0.3, 0.4) is 0 Å². The van der Waals surface area contributed by atoms with Crippen LogP contribution in [0, 0.1) is 5.41 Å². The van der Waals surface area contributed by atoms with E-state index in [4.69, 9.17) is 9.47 Å². The van der Waals surface area contributed by atoms with E-state index < -0.39 is 0 Å². The van der Waals surface area contributed by atoms with E-state index in [1.807, 2.05) is 12.3 Å². The van der Waals surface area contributed by atoms with Gasteiger partial charge in [-0.25, -0.2) is 4.98 Å². The zero-order valence-electron chi connectivity index (χ0n) is 13.8. The molecule has 2 saturated carbocycles. The normalized spacial score (nSPS) is 26.6. The Morgan fingerprint density at radius 2 is 2.09 bits per heavy atom. The molecule has 2 fully saturated rings. The van der Waals surface area contributed by atoms with Crippen LogP contribution in [0.2, 0.25) is 0 Å². The standard InChI is InChI=1S/C18H28N2O2/c1-3-22-16-11-15(18(16)9-5-4-6-10-18)19-12-14-7-8-17(21-2)20-13-14/h7-8,13,15-16,19H,3-6,9-12H2,1-2H3. The fourth-order valence-electron chi connectivity index (χ4n) is 4.23. The van der Waals surface area contributed by atoms with Crippen LogP contribution in [0.5, 0.6) is 5.88 Å². The molecule has 3 rings (SSSR count). The summed E-state index contributed by atoms with van der Waals surface area (Å²) in [7, 11) is 1.65. The third-order valence-corrected chi connectivity index (χ3v) is 5.50. The Labute approximate surface area is 133 Å². The maximum Gasteiger partial charge on any atom is 0.212 e. The van der Waals surface area contributed by atoms with Gasteiger partial charge in [0.05, 0.1) is 13.2 Å². The van der Waals surface area contributed by atoms with Crippen LogP contribution in [-0.4, -0.2) is 30.8 Å². The van der Waals surface area contributed by atoms with Gasteiger partial charge in [-0.05, 0) is 31.7 Å². The SMILES string of the molecule is CCOC1CC(NCc2ccc(OC)nc2)C12CCCCC2. The van der Waals surface area contributed by atoms with E-state index in [0.29, 0.717) is 23.4 Å². The van der Waals surface area contributed by atoms with Gasteiger partial charge in [0.2, 0.25) is 5.88 Å². The van der Waals surface area contributed by atoms with Gasteiger partial charge in [-0.1, -0.05) is 25.3 Å². The monoisotopic (exact) mass is 304 g/mol. The van der Waals surface area contributed by atoms with Crippen molar-refractivity contribution < 1.29 is 9.47 Å². The third kappa shape index (κ3) is 2.99. The maximum atomic E-state index is 6.01. The fourth-order valence-corrected chi connectivity index (χ4v) is 4.23. The lowest BCUT2D eigenvalue weighted by Gasteiger charge is -2.58. The zero-order valence-corrected chi connectivity index (χ0v) is 13.8. The molecule has 0 bridgehead atoms. The predicted molar refractivity (Wildman–Crippen MR) is 87.0 cm³/mol. The summed E-state index contributed by atoms with van der Waals surface area (Å²) < 4.78 is 11.1. The minimum absolute atomic E-state index is 0.383. The Bertz CT molecular complexity index is 468. The summed E-state index contributed by atoms with van der Waals surface area (Å²) in [6.07, 6.45) is 10.2. The van der Waals surface area contributed by atoms with Crippen molar-refractivity contribution in [1.29, 1.82) is 0 Å². The quantitative estimate of drug-likeness (QED) is 0.875. The van der Waals surface area contributed by atoms with Gasteiger partial charge in [-0.3, -0.25) is 0 Å². The molecule has 2 aliphatic rings. The van der Waals surface area contributed by atoms with Crippen molar-refractivity contribution in [3.8, 4) is 5.88 Å². The van der Waals surface area contributed by atoms with Gasteiger partial charge >= 0.3 is 0 Å².